The second kappa shape index (κ2) is 8.97. The van der Waals surface area contributed by atoms with Gasteiger partial charge in [0, 0.05) is 18.0 Å². The monoisotopic (exact) mass is 446 g/mol. The van der Waals surface area contributed by atoms with Crippen LogP contribution in [-0.2, 0) is 4.79 Å². The first-order valence-electron chi connectivity index (χ1n) is 11.1. The summed E-state index contributed by atoms with van der Waals surface area (Å²) in [7, 11) is 1.61. The first-order valence-corrected chi connectivity index (χ1v) is 11.1. The van der Waals surface area contributed by atoms with E-state index >= 15 is 0 Å². The fourth-order valence-corrected chi connectivity index (χ4v) is 4.07. The van der Waals surface area contributed by atoms with Crippen LogP contribution in [0.1, 0.15) is 29.8 Å². The summed E-state index contributed by atoms with van der Waals surface area (Å²) in [6.45, 7) is 0.327. The summed E-state index contributed by atoms with van der Waals surface area (Å²) in [6, 6.07) is 18.3. The Labute approximate surface area is 191 Å². The number of hydrogen-bond acceptors (Lipinski definition) is 5. The summed E-state index contributed by atoms with van der Waals surface area (Å²) in [5.41, 5.74) is 1.85. The van der Waals surface area contributed by atoms with E-state index in [4.69, 9.17) is 9.47 Å². The number of hydrogen-bond donors (Lipinski definition) is 2. The Morgan fingerprint density at radius 1 is 1.06 bits per heavy atom. The molecule has 0 bridgehead atoms. The maximum atomic E-state index is 13.4. The van der Waals surface area contributed by atoms with Gasteiger partial charge >= 0.3 is 0 Å². The number of amides is 2. The van der Waals surface area contributed by atoms with Gasteiger partial charge in [-0.1, -0.05) is 18.2 Å². The zero-order chi connectivity index (χ0) is 22.8. The van der Waals surface area contributed by atoms with Gasteiger partial charge in [-0.15, -0.1) is 0 Å². The summed E-state index contributed by atoms with van der Waals surface area (Å²) in [4.78, 5) is 27.9. The second-order valence-corrected chi connectivity index (χ2v) is 8.44. The highest BCUT2D eigenvalue weighted by Crippen LogP contribution is 2.28. The van der Waals surface area contributed by atoms with Crippen molar-refractivity contribution in [2.45, 2.75) is 37.5 Å². The fraction of sp³-hybridized carbons (Fsp3) is 0.320. The van der Waals surface area contributed by atoms with E-state index in [1.54, 1.807) is 18.1 Å². The predicted octanol–water partition coefficient (Wildman–Crippen LogP) is 3.03. The fourth-order valence-electron chi connectivity index (χ4n) is 4.07. The number of rotatable bonds is 7. The summed E-state index contributed by atoms with van der Waals surface area (Å²) in [5, 5.41) is 10.2. The molecule has 170 valence electrons. The molecule has 2 aliphatic rings. The van der Waals surface area contributed by atoms with Crippen LogP contribution in [0.3, 0.4) is 0 Å². The van der Waals surface area contributed by atoms with Crippen molar-refractivity contribution in [1.82, 2.24) is 20.4 Å². The number of carbonyl (C=O) groups is 2. The third-order valence-corrected chi connectivity index (χ3v) is 5.99. The van der Waals surface area contributed by atoms with Gasteiger partial charge < -0.3 is 19.7 Å². The van der Waals surface area contributed by atoms with Gasteiger partial charge in [0.1, 0.15) is 29.3 Å². The smallest absolute Gasteiger partial charge is 0.272 e. The number of benzene rings is 2. The number of nitrogens with zero attached hydrogens (tertiary/aromatic N) is 2. The molecule has 2 heterocycles. The van der Waals surface area contributed by atoms with Gasteiger partial charge in [0.05, 0.1) is 19.3 Å². The molecule has 2 amide bonds. The average Bonchev–Trinajstić information content (AvgIpc) is 3.34. The maximum absolute atomic E-state index is 13.4. The Morgan fingerprint density at radius 3 is 2.52 bits per heavy atom. The van der Waals surface area contributed by atoms with Crippen LogP contribution in [0.15, 0.2) is 60.7 Å². The molecule has 3 aromatic rings. The van der Waals surface area contributed by atoms with Gasteiger partial charge in [0.25, 0.3) is 5.91 Å². The molecule has 2 N–H and O–H groups in total. The Hall–Kier alpha value is -3.81. The van der Waals surface area contributed by atoms with Crippen molar-refractivity contribution in [3.63, 3.8) is 0 Å². The molecular weight excluding hydrogens is 420 g/mol. The van der Waals surface area contributed by atoms with E-state index in [9.17, 15) is 9.59 Å². The van der Waals surface area contributed by atoms with E-state index in [-0.39, 0.29) is 24.0 Å². The summed E-state index contributed by atoms with van der Waals surface area (Å²) in [6.07, 6.45) is 2.15. The number of nitrogens with one attached hydrogen (secondary N) is 2. The lowest BCUT2D eigenvalue weighted by Gasteiger charge is -2.22. The number of para-hydroxylation sites is 1. The number of ether oxygens (including phenoxy) is 2. The second-order valence-electron chi connectivity index (χ2n) is 8.44. The van der Waals surface area contributed by atoms with Gasteiger partial charge in [0.15, 0.2) is 0 Å². The van der Waals surface area contributed by atoms with Crippen LogP contribution >= 0.6 is 0 Å². The first kappa shape index (κ1) is 21.1. The summed E-state index contributed by atoms with van der Waals surface area (Å²) >= 11 is 0. The van der Waals surface area contributed by atoms with Crippen molar-refractivity contribution in [1.29, 1.82) is 0 Å². The Morgan fingerprint density at radius 2 is 1.82 bits per heavy atom. The molecular formula is C25H26N4O4. The highest BCUT2D eigenvalue weighted by Gasteiger charge is 2.42. The third-order valence-electron chi connectivity index (χ3n) is 5.99. The zero-order valence-corrected chi connectivity index (χ0v) is 18.4. The van der Waals surface area contributed by atoms with Crippen molar-refractivity contribution < 1.29 is 19.1 Å². The highest BCUT2D eigenvalue weighted by atomic mass is 16.5. The molecule has 2 aromatic carbocycles. The molecule has 5 rings (SSSR count). The molecule has 0 unspecified atom stereocenters. The molecule has 8 nitrogen and oxygen atoms in total. The zero-order valence-electron chi connectivity index (χ0n) is 18.4. The Bertz CT molecular complexity index is 1120. The van der Waals surface area contributed by atoms with Crippen LogP contribution in [0.2, 0.25) is 0 Å². The molecule has 1 aromatic heterocycles. The lowest BCUT2D eigenvalue weighted by atomic mass is 10.1. The molecule has 33 heavy (non-hydrogen) atoms. The van der Waals surface area contributed by atoms with E-state index in [2.05, 4.69) is 15.5 Å². The molecule has 2 atom stereocenters. The van der Waals surface area contributed by atoms with Gasteiger partial charge in [-0.2, -0.15) is 5.10 Å². The van der Waals surface area contributed by atoms with Crippen molar-refractivity contribution in [3.8, 4) is 22.8 Å². The summed E-state index contributed by atoms with van der Waals surface area (Å²) in [5.74, 6) is 1.08. The van der Waals surface area contributed by atoms with Crippen LogP contribution in [0, 0.1) is 0 Å². The predicted molar refractivity (Wildman–Crippen MR) is 122 cm³/mol. The van der Waals surface area contributed by atoms with Crippen LogP contribution in [0.4, 0.5) is 0 Å². The molecule has 0 spiro atoms. The topological polar surface area (TPSA) is 96.5 Å². The van der Waals surface area contributed by atoms with E-state index < -0.39 is 6.04 Å². The molecule has 2 fully saturated rings. The highest BCUT2D eigenvalue weighted by molar-refractivity contribution is 5.97. The van der Waals surface area contributed by atoms with Gasteiger partial charge in [-0.25, -0.2) is 0 Å². The largest absolute Gasteiger partial charge is 0.497 e. The maximum Gasteiger partial charge on any atom is 0.272 e. The minimum absolute atomic E-state index is 0.125. The van der Waals surface area contributed by atoms with Crippen LogP contribution in [0.5, 0.6) is 11.5 Å². The van der Waals surface area contributed by atoms with Crippen molar-refractivity contribution in [2.75, 3.05) is 13.7 Å². The van der Waals surface area contributed by atoms with Crippen molar-refractivity contribution in [3.05, 3.63) is 66.4 Å². The molecule has 8 heteroatoms. The number of aromatic nitrogens is 2. The van der Waals surface area contributed by atoms with Crippen LogP contribution < -0.4 is 14.8 Å². The molecule has 1 aliphatic heterocycles. The minimum Gasteiger partial charge on any atom is -0.497 e. The van der Waals surface area contributed by atoms with Gasteiger partial charge in [0.2, 0.25) is 5.91 Å². The van der Waals surface area contributed by atoms with Gasteiger partial charge in [-0.05, 0) is 55.3 Å². The lowest BCUT2D eigenvalue weighted by molar-refractivity contribution is -0.125. The number of methoxy groups -OCH3 is 1. The van der Waals surface area contributed by atoms with E-state index in [0.717, 1.165) is 29.9 Å². The van der Waals surface area contributed by atoms with Crippen LogP contribution in [-0.4, -0.2) is 58.8 Å². The number of aromatic amines is 1. The minimum atomic E-state index is -0.584. The van der Waals surface area contributed by atoms with E-state index in [0.29, 0.717) is 24.4 Å². The van der Waals surface area contributed by atoms with Crippen LogP contribution in [0.25, 0.3) is 11.3 Å². The lowest BCUT2D eigenvalue weighted by Crippen LogP contribution is -2.46. The van der Waals surface area contributed by atoms with Gasteiger partial charge in [-0.3, -0.25) is 14.7 Å². The van der Waals surface area contributed by atoms with Crippen molar-refractivity contribution >= 4 is 11.8 Å². The quantitative estimate of drug-likeness (QED) is 0.582. The van der Waals surface area contributed by atoms with E-state index in [1.807, 2.05) is 54.6 Å². The number of carbonyl (C=O) groups excluding carboxylic acids is 2. The normalized spacial score (nSPS) is 19.8. The molecule has 0 radical (unpaired) electrons. The number of likely N-dealkylation sites (tertiary alicyclic amines) is 1. The molecule has 1 saturated heterocycles. The average molecular weight is 447 g/mol. The standard InChI is InChI=1S/C25H26N4O4/c1-32-18-11-7-16(8-12-18)21-14-22(28-27-21)25(31)29-15-20(33-19-5-3-2-4-6-19)13-23(29)24(30)26-17-9-10-17/h2-8,11-12,14,17,20,23H,9-10,13,15H2,1H3,(H,26,30)(H,27,28)/t20-,23-/m0/s1. The Kier molecular flexibility index (Phi) is 5.73. The summed E-state index contributed by atoms with van der Waals surface area (Å²) < 4.78 is 11.3. The first-order chi connectivity index (χ1) is 16.1. The molecule has 1 aliphatic carbocycles. The number of H-pyrrole nitrogens is 1. The van der Waals surface area contributed by atoms with E-state index in [1.165, 1.54) is 0 Å². The Balaban J connectivity index is 1.34. The van der Waals surface area contributed by atoms with Crippen molar-refractivity contribution in [2.24, 2.45) is 0 Å². The SMILES string of the molecule is COc1ccc(-c2cc(C(=O)N3C[C@@H](Oc4ccccc4)C[C@H]3C(=O)NC3CC3)[nH]n2)cc1. The third kappa shape index (κ3) is 4.69. The molecule has 1 saturated carbocycles.